The zero-order valence-corrected chi connectivity index (χ0v) is 24.0. The summed E-state index contributed by atoms with van der Waals surface area (Å²) in [5, 5.41) is 7.42. The maximum atomic E-state index is 5.17. The van der Waals surface area contributed by atoms with Crippen molar-refractivity contribution in [3.63, 3.8) is 0 Å². The molecule has 3 heteroatoms. The highest BCUT2D eigenvalue weighted by atomic mass is 32.1. The van der Waals surface area contributed by atoms with Gasteiger partial charge in [-0.3, -0.25) is 0 Å². The lowest BCUT2D eigenvalue weighted by molar-refractivity contribution is 1.36. The van der Waals surface area contributed by atoms with E-state index in [4.69, 9.17) is 9.97 Å². The molecule has 0 amide bonds. The van der Waals surface area contributed by atoms with Crippen molar-refractivity contribution in [1.29, 1.82) is 0 Å². The Morgan fingerprint density at radius 1 is 0.419 bits per heavy atom. The van der Waals surface area contributed by atoms with Gasteiger partial charge in [-0.05, 0) is 46.2 Å². The van der Waals surface area contributed by atoms with Gasteiger partial charge in [0.05, 0.1) is 22.4 Å². The highest BCUT2D eigenvalue weighted by Gasteiger charge is 2.15. The normalized spacial score (nSPS) is 11.7. The van der Waals surface area contributed by atoms with Crippen LogP contribution in [0.25, 0.3) is 86.4 Å². The molecule has 0 saturated heterocycles. The van der Waals surface area contributed by atoms with Crippen LogP contribution in [0.4, 0.5) is 0 Å². The van der Waals surface area contributed by atoms with Crippen LogP contribution in [0.2, 0.25) is 0 Å². The lowest BCUT2D eigenvalue weighted by Gasteiger charge is -2.10. The summed E-state index contributed by atoms with van der Waals surface area (Å²) < 4.78 is 2.67. The number of hydrogen-bond acceptors (Lipinski definition) is 3. The standard InChI is InChI=1S/C40H24N2S/c1-2-8-26(9-3-1)34-22-20-28-18-19-29-21-23-35(42-39(29)38(28)41-34)27-16-14-25(15-17-27)33-24-30-10-4-5-11-31(30)40-37(33)32-12-6-7-13-36(32)43-40/h1-24H. The van der Waals surface area contributed by atoms with Crippen molar-refractivity contribution in [3.8, 4) is 33.6 Å². The highest BCUT2D eigenvalue weighted by Crippen LogP contribution is 2.44. The molecule has 0 aliphatic rings. The second-order valence-corrected chi connectivity index (χ2v) is 12.0. The molecule has 0 atom stereocenters. The van der Waals surface area contributed by atoms with E-state index in [9.17, 15) is 0 Å². The van der Waals surface area contributed by atoms with Gasteiger partial charge in [0.15, 0.2) is 0 Å². The molecule has 0 unspecified atom stereocenters. The molecular formula is C40H24N2S. The Labute approximate surface area is 252 Å². The van der Waals surface area contributed by atoms with Crippen molar-refractivity contribution in [3.05, 3.63) is 146 Å². The summed E-state index contributed by atoms with van der Waals surface area (Å²) in [7, 11) is 0. The maximum absolute atomic E-state index is 5.17. The first-order chi connectivity index (χ1) is 21.3. The van der Waals surface area contributed by atoms with Crippen molar-refractivity contribution < 1.29 is 0 Å². The molecule has 200 valence electrons. The molecule has 0 spiro atoms. The Hall–Kier alpha value is -5.38. The molecule has 0 bridgehead atoms. The van der Waals surface area contributed by atoms with E-state index in [-0.39, 0.29) is 0 Å². The van der Waals surface area contributed by atoms with Crippen LogP contribution < -0.4 is 0 Å². The summed E-state index contributed by atoms with van der Waals surface area (Å²) >= 11 is 1.89. The van der Waals surface area contributed by atoms with E-state index in [0.717, 1.165) is 44.3 Å². The first-order valence-corrected chi connectivity index (χ1v) is 15.3. The molecule has 0 radical (unpaired) electrons. The van der Waals surface area contributed by atoms with Crippen LogP contribution in [0.1, 0.15) is 0 Å². The Morgan fingerprint density at radius 2 is 0.977 bits per heavy atom. The topological polar surface area (TPSA) is 25.8 Å². The smallest absolute Gasteiger partial charge is 0.0972 e. The molecule has 43 heavy (non-hydrogen) atoms. The lowest BCUT2D eigenvalue weighted by Crippen LogP contribution is -1.91. The van der Waals surface area contributed by atoms with Crippen molar-refractivity contribution >= 4 is 64.1 Å². The molecule has 6 aromatic carbocycles. The molecule has 3 heterocycles. The van der Waals surface area contributed by atoms with Crippen LogP contribution in [-0.2, 0) is 0 Å². The average molecular weight is 565 g/mol. The number of nitrogens with zero attached hydrogens (tertiary/aromatic N) is 2. The number of thiophene rings is 1. The van der Waals surface area contributed by atoms with E-state index in [1.54, 1.807) is 0 Å². The van der Waals surface area contributed by atoms with Gasteiger partial charge in [-0.2, -0.15) is 0 Å². The van der Waals surface area contributed by atoms with Gasteiger partial charge >= 0.3 is 0 Å². The summed E-state index contributed by atoms with van der Waals surface area (Å²) in [5.41, 5.74) is 8.45. The van der Waals surface area contributed by atoms with Gasteiger partial charge in [0.25, 0.3) is 0 Å². The fourth-order valence-electron chi connectivity index (χ4n) is 6.31. The number of aromatic nitrogens is 2. The lowest BCUT2D eigenvalue weighted by atomic mass is 9.94. The summed E-state index contributed by atoms with van der Waals surface area (Å²) in [6, 6.07) is 51.8. The maximum Gasteiger partial charge on any atom is 0.0972 e. The zero-order chi connectivity index (χ0) is 28.3. The molecule has 3 aromatic heterocycles. The Kier molecular flexibility index (Phi) is 5.40. The number of pyridine rings is 2. The molecule has 0 aliphatic carbocycles. The third-order valence-electron chi connectivity index (χ3n) is 8.45. The largest absolute Gasteiger partial charge is 0.245 e. The van der Waals surface area contributed by atoms with Crippen molar-refractivity contribution in [2.24, 2.45) is 0 Å². The van der Waals surface area contributed by atoms with Gasteiger partial charge in [-0.25, -0.2) is 9.97 Å². The average Bonchev–Trinajstić information content (AvgIpc) is 3.48. The fraction of sp³-hybridized carbons (Fsp3) is 0. The van der Waals surface area contributed by atoms with Gasteiger partial charge in [0.1, 0.15) is 0 Å². The molecule has 9 rings (SSSR count). The van der Waals surface area contributed by atoms with E-state index in [1.807, 2.05) is 29.5 Å². The number of benzene rings is 6. The van der Waals surface area contributed by atoms with Gasteiger partial charge in [0.2, 0.25) is 0 Å². The fourth-order valence-corrected chi connectivity index (χ4v) is 7.57. The first-order valence-electron chi connectivity index (χ1n) is 14.5. The van der Waals surface area contributed by atoms with Gasteiger partial charge in [-0.15, -0.1) is 11.3 Å². The monoisotopic (exact) mass is 564 g/mol. The van der Waals surface area contributed by atoms with E-state index in [1.165, 1.54) is 42.1 Å². The van der Waals surface area contributed by atoms with Gasteiger partial charge < -0.3 is 0 Å². The van der Waals surface area contributed by atoms with Crippen LogP contribution in [0, 0.1) is 0 Å². The minimum absolute atomic E-state index is 0.929. The first kappa shape index (κ1) is 24.2. The minimum Gasteiger partial charge on any atom is -0.245 e. The molecule has 9 aromatic rings. The van der Waals surface area contributed by atoms with E-state index >= 15 is 0 Å². The summed E-state index contributed by atoms with van der Waals surface area (Å²) in [6.07, 6.45) is 0. The Morgan fingerprint density at radius 3 is 1.70 bits per heavy atom. The van der Waals surface area contributed by atoms with E-state index in [2.05, 4.69) is 127 Å². The molecular weight excluding hydrogens is 541 g/mol. The molecule has 0 aliphatic heterocycles. The van der Waals surface area contributed by atoms with E-state index in [0.29, 0.717) is 0 Å². The third-order valence-corrected chi connectivity index (χ3v) is 9.66. The second-order valence-electron chi connectivity index (χ2n) is 11.0. The number of hydrogen-bond donors (Lipinski definition) is 0. The van der Waals surface area contributed by atoms with Crippen molar-refractivity contribution in [1.82, 2.24) is 9.97 Å². The van der Waals surface area contributed by atoms with Crippen LogP contribution >= 0.6 is 11.3 Å². The highest BCUT2D eigenvalue weighted by molar-refractivity contribution is 7.26. The summed E-state index contributed by atoms with van der Waals surface area (Å²) in [5.74, 6) is 0. The summed E-state index contributed by atoms with van der Waals surface area (Å²) in [6.45, 7) is 0. The Bertz CT molecular complexity index is 2490. The van der Waals surface area contributed by atoms with Crippen LogP contribution in [0.15, 0.2) is 146 Å². The van der Waals surface area contributed by atoms with Gasteiger partial charge in [0, 0.05) is 42.1 Å². The van der Waals surface area contributed by atoms with Crippen LogP contribution in [0.5, 0.6) is 0 Å². The van der Waals surface area contributed by atoms with E-state index < -0.39 is 0 Å². The van der Waals surface area contributed by atoms with Crippen LogP contribution in [0.3, 0.4) is 0 Å². The Balaban J connectivity index is 1.18. The zero-order valence-electron chi connectivity index (χ0n) is 23.2. The SMILES string of the molecule is c1ccc(-c2ccc3ccc4ccc(-c5ccc(-c6cc7ccccc7c7sc8ccccc8c67)cc5)nc4c3n2)cc1. The number of rotatable bonds is 3. The van der Waals surface area contributed by atoms with Gasteiger partial charge in [-0.1, -0.05) is 121 Å². The minimum atomic E-state index is 0.929. The third kappa shape index (κ3) is 3.93. The molecule has 2 nitrogen and oxygen atoms in total. The van der Waals surface area contributed by atoms with Crippen LogP contribution in [-0.4, -0.2) is 9.97 Å². The molecule has 0 N–H and O–H groups in total. The second kappa shape index (κ2) is 9.59. The predicted octanol–water partition coefficient (Wildman–Crippen LogP) is 11.3. The van der Waals surface area contributed by atoms with Crippen molar-refractivity contribution in [2.45, 2.75) is 0 Å². The quantitative estimate of drug-likeness (QED) is 0.199. The summed E-state index contributed by atoms with van der Waals surface area (Å²) in [4.78, 5) is 10.2. The molecule has 0 fully saturated rings. The molecule has 0 saturated carbocycles. The van der Waals surface area contributed by atoms with Crippen molar-refractivity contribution in [2.75, 3.05) is 0 Å². The predicted molar refractivity (Wildman–Crippen MR) is 184 cm³/mol. The number of fused-ring (bicyclic) bond motifs is 8.